The van der Waals surface area contributed by atoms with Gasteiger partial charge in [0.2, 0.25) is 12.7 Å². The van der Waals surface area contributed by atoms with Gasteiger partial charge in [0.25, 0.3) is 0 Å². The molecule has 1 aliphatic heterocycles. The van der Waals surface area contributed by atoms with E-state index in [1.807, 2.05) is 25.1 Å². The summed E-state index contributed by atoms with van der Waals surface area (Å²) in [4.78, 5) is 11.8. The summed E-state index contributed by atoms with van der Waals surface area (Å²) in [6.45, 7) is 6.51. The van der Waals surface area contributed by atoms with E-state index in [0.29, 0.717) is 18.8 Å². The summed E-state index contributed by atoms with van der Waals surface area (Å²) in [5.74, 6) is 2.10. The SMILES string of the molecule is CC(C)[C@H](C)NC(=O)CCc1ccc2c(c1)OCO2. The molecule has 0 aromatic heterocycles. The van der Waals surface area contributed by atoms with E-state index in [1.54, 1.807) is 0 Å². The first kappa shape index (κ1) is 13.7. The molecule has 0 spiro atoms. The number of fused-ring (bicyclic) bond motifs is 1. The highest BCUT2D eigenvalue weighted by Crippen LogP contribution is 2.32. The first-order valence-corrected chi connectivity index (χ1v) is 6.74. The molecule has 0 saturated carbocycles. The Hall–Kier alpha value is -1.71. The van der Waals surface area contributed by atoms with Gasteiger partial charge in [0.05, 0.1) is 0 Å². The number of carbonyl (C=O) groups is 1. The lowest BCUT2D eigenvalue weighted by Crippen LogP contribution is -2.36. The van der Waals surface area contributed by atoms with E-state index in [1.165, 1.54) is 0 Å². The van der Waals surface area contributed by atoms with E-state index in [4.69, 9.17) is 9.47 Å². The van der Waals surface area contributed by atoms with Gasteiger partial charge in [-0.3, -0.25) is 4.79 Å². The predicted octanol–water partition coefficient (Wildman–Crippen LogP) is 2.51. The summed E-state index contributed by atoms with van der Waals surface area (Å²) in [5, 5.41) is 3.01. The van der Waals surface area contributed by atoms with Crippen molar-refractivity contribution in [3.63, 3.8) is 0 Å². The Bertz CT molecular complexity index is 457. The van der Waals surface area contributed by atoms with Crippen LogP contribution in [-0.2, 0) is 11.2 Å². The predicted molar refractivity (Wildman–Crippen MR) is 73.3 cm³/mol. The average Bonchev–Trinajstić information content (AvgIpc) is 2.83. The van der Waals surface area contributed by atoms with Crippen LogP contribution >= 0.6 is 0 Å². The van der Waals surface area contributed by atoms with Crippen LogP contribution in [0.2, 0.25) is 0 Å². The number of rotatable bonds is 5. The van der Waals surface area contributed by atoms with E-state index >= 15 is 0 Å². The highest BCUT2D eigenvalue weighted by molar-refractivity contribution is 5.76. The van der Waals surface area contributed by atoms with Crippen LogP contribution < -0.4 is 14.8 Å². The Labute approximate surface area is 114 Å². The molecule has 0 fully saturated rings. The Balaban J connectivity index is 1.84. The van der Waals surface area contributed by atoms with Gasteiger partial charge < -0.3 is 14.8 Å². The highest BCUT2D eigenvalue weighted by atomic mass is 16.7. The second kappa shape index (κ2) is 5.95. The molecule has 1 aromatic carbocycles. The van der Waals surface area contributed by atoms with Crippen molar-refractivity contribution in [2.75, 3.05) is 6.79 Å². The van der Waals surface area contributed by atoms with Crippen LogP contribution in [0.5, 0.6) is 11.5 Å². The zero-order chi connectivity index (χ0) is 13.8. The van der Waals surface area contributed by atoms with Crippen LogP contribution in [0.4, 0.5) is 0 Å². The molecule has 0 bridgehead atoms. The van der Waals surface area contributed by atoms with E-state index < -0.39 is 0 Å². The van der Waals surface area contributed by atoms with Crippen LogP contribution in [0.1, 0.15) is 32.8 Å². The van der Waals surface area contributed by atoms with E-state index in [-0.39, 0.29) is 18.7 Å². The number of carbonyl (C=O) groups excluding carboxylic acids is 1. The fourth-order valence-electron chi connectivity index (χ4n) is 1.85. The zero-order valence-corrected chi connectivity index (χ0v) is 11.7. The van der Waals surface area contributed by atoms with E-state index in [2.05, 4.69) is 19.2 Å². The second-order valence-corrected chi connectivity index (χ2v) is 5.29. The van der Waals surface area contributed by atoms with Gasteiger partial charge in [-0.15, -0.1) is 0 Å². The molecule has 0 saturated heterocycles. The Morgan fingerprint density at radius 3 is 2.74 bits per heavy atom. The zero-order valence-electron chi connectivity index (χ0n) is 11.7. The van der Waals surface area contributed by atoms with Crippen LogP contribution in [0.3, 0.4) is 0 Å². The van der Waals surface area contributed by atoms with Crippen LogP contribution in [0.15, 0.2) is 18.2 Å². The van der Waals surface area contributed by atoms with Gasteiger partial charge in [-0.1, -0.05) is 19.9 Å². The normalized spacial score (nSPS) is 14.5. The summed E-state index contributed by atoms with van der Waals surface area (Å²) in [6.07, 6.45) is 1.21. The van der Waals surface area contributed by atoms with Crippen molar-refractivity contribution in [3.8, 4) is 11.5 Å². The summed E-state index contributed by atoms with van der Waals surface area (Å²) < 4.78 is 10.6. The van der Waals surface area contributed by atoms with Gasteiger partial charge in [-0.05, 0) is 37.0 Å². The number of aryl methyl sites for hydroxylation is 1. The van der Waals surface area contributed by atoms with Crippen molar-refractivity contribution in [2.24, 2.45) is 5.92 Å². The summed E-state index contributed by atoms with van der Waals surface area (Å²) >= 11 is 0. The van der Waals surface area contributed by atoms with E-state index in [0.717, 1.165) is 17.1 Å². The minimum Gasteiger partial charge on any atom is -0.454 e. The van der Waals surface area contributed by atoms with Crippen molar-refractivity contribution in [1.82, 2.24) is 5.32 Å². The standard InChI is InChI=1S/C15H21NO3/c1-10(2)11(3)16-15(17)7-5-12-4-6-13-14(8-12)19-9-18-13/h4,6,8,10-11H,5,7,9H2,1-3H3,(H,16,17)/t11-/m0/s1. The molecular formula is C15H21NO3. The summed E-state index contributed by atoms with van der Waals surface area (Å²) in [6, 6.07) is 6.03. The van der Waals surface area contributed by atoms with Crippen molar-refractivity contribution < 1.29 is 14.3 Å². The Morgan fingerprint density at radius 2 is 2.00 bits per heavy atom. The number of benzene rings is 1. The van der Waals surface area contributed by atoms with E-state index in [9.17, 15) is 4.79 Å². The van der Waals surface area contributed by atoms with Crippen molar-refractivity contribution in [2.45, 2.75) is 39.7 Å². The van der Waals surface area contributed by atoms with Crippen LogP contribution in [0.25, 0.3) is 0 Å². The monoisotopic (exact) mass is 263 g/mol. The molecule has 1 aliphatic rings. The van der Waals surface area contributed by atoms with Crippen LogP contribution in [-0.4, -0.2) is 18.7 Å². The molecular weight excluding hydrogens is 242 g/mol. The smallest absolute Gasteiger partial charge is 0.231 e. The molecule has 4 nitrogen and oxygen atoms in total. The van der Waals surface area contributed by atoms with Gasteiger partial charge in [-0.25, -0.2) is 0 Å². The average molecular weight is 263 g/mol. The molecule has 1 amide bonds. The molecule has 4 heteroatoms. The topological polar surface area (TPSA) is 47.6 Å². The molecule has 0 aliphatic carbocycles. The maximum absolute atomic E-state index is 11.8. The molecule has 19 heavy (non-hydrogen) atoms. The van der Waals surface area contributed by atoms with Crippen molar-refractivity contribution in [1.29, 1.82) is 0 Å². The molecule has 0 unspecified atom stereocenters. The third-order valence-corrected chi connectivity index (χ3v) is 3.47. The third-order valence-electron chi connectivity index (χ3n) is 3.47. The number of amides is 1. The minimum absolute atomic E-state index is 0.0962. The number of nitrogens with one attached hydrogen (secondary N) is 1. The Kier molecular flexibility index (Phi) is 4.30. The third kappa shape index (κ3) is 3.63. The van der Waals surface area contributed by atoms with Crippen molar-refractivity contribution >= 4 is 5.91 Å². The molecule has 1 atom stereocenters. The minimum atomic E-state index is 0.0962. The molecule has 1 N–H and O–H groups in total. The van der Waals surface area contributed by atoms with Crippen LogP contribution in [0, 0.1) is 5.92 Å². The molecule has 1 heterocycles. The first-order chi connectivity index (χ1) is 9.06. The number of hydrogen-bond acceptors (Lipinski definition) is 3. The molecule has 0 radical (unpaired) electrons. The van der Waals surface area contributed by atoms with Gasteiger partial charge in [0.1, 0.15) is 0 Å². The molecule has 1 aromatic rings. The largest absolute Gasteiger partial charge is 0.454 e. The van der Waals surface area contributed by atoms with Gasteiger partial charge >= 0.3 is 0 Å². The fraction of sp³-hybridized carbons (Fsp3) is 0.533. The van der Waals surface area contributed by atoms with Gasteiger partial charge in [0, 0.05) is 12.5 Å². The summed E-state index contributed by atoms with van der Waals surface area (Å²) in [5.41, 5.74) is 1.09. The van der Waals surface area contributed by atoms with Gasteiger partial charge in [0.15, 0.2) is 11.5 Å². The van der Waals surface area contributed by atoms with Gasteiger partial charge in [-0.2, -0.15) is 0 Å². The number of hydrogen-bond donors (Lipinski definition) is 1. The van der Waals surface area contributed by atoms with Crippen molar-refractivity contribution in [3.05, 3.63) is 23.8 Å². The lowest BCUT2D eigenvalue weighted by atomic mass is 10.1. The fourth-order valence-corrected chi connectivity index (χ4v) is 1.85. The highest BCUT2D eigenvalue weighted by Gasteiger charge is 2.14. The number of ether oxygens (including phenoxy) is 2. The lowest BCUT2D eigenvalue weighted by Gasteiger charge is -2.17. The Morgan fingerprint density at radius 1 is 1.26 bits per heavy atom. The second-order valence-electron chi connectivity index (χ2n) is 5.29. The molecule has 104 valence electrons. The maximum Gasteiger partial charge on any atom is 0.231 e. The molecule has 2 rings (SSSR count). The lowest BCUT2D eigenvalue weighted by molar-refractivity contribution is -0.121. The first-order valence-electron chi connectivity index (χ1n) is 6.74. The summed E-state index contributed by atoms with van der Waals surface area (Å²) in [7, 11) is 0. The maximum atomic E-state index is 11.8. The quantitative estimate of drug-likeness (QED) is 0.888.